The van der Waals surface area contributed by atoms with Gasteiger partial charge in [0.05, 0.1) is 10.8 Å². The standard InChI is InChI=1S/C13H17ClN2O3S/c1-9-11(14)5-2-6-12(9)20(18,19)16-7-3-4-10(8-16)13(15)17/h2,5-6,10H,3-4,7-8H2,1H3,(H2,15,17). The van der Waals surface area contributed by atoms with Crippen molar-refractivity contribution in [2.24, 2.45) is 11.7 Å². The van der Waals surface area contributed by atoms with Crippen molar-refractivity contribution in [3.8, 4) is 0 Å². The average Bonchev–Trinajstić information content (AvgIpc) is 2.41. The Balaban J connectivity index is 2.35. The fourth-order valence-corrected chi connectivity index (χ4v) is 4.40. The number of rotatable bonds is 3. The van der Waals surface area contributed by atoms with Crippen LogP contribution in [0.3, 0.4) is 0 Å². The molecule has 0 aromatic heterocycles. The van der Waals surface area contributed by atoms with Crippen LogP contribution in [-0.4, -0.2) is 31.7 Å². The first-order valence-electron chi connectivity index (χ1n) is 6.38. The van der Waals surface area contributed by atoms with Crippen molar-refractivity contribution in [3.05, 3.63) is 28.8 Å². The molecule has 20 heavy (non-hydrogen) atoms. The van der Waals surface area contributed by atoms with Crippen LogP contribution < -0.4 is 5.73 Å². The monoisotopic (exact) mass is 316 g/mol. The highest BCUT2D eigenvalue weighted by molar-refractivity contribution is 7.89. The zero-order valence-electron chi connectivity index (χ0n) is 11.2. The molecule has 1 aliphatic rings. The third kappa shape index (κ3) is 2.82. The zero-order chi connectivity index (χ0) is 14.9. The van der Waals surface area contributed by atoms with E-state index in [1.807, 2.05) is 0 Å². The molecular formula is C13H17ClN2O3S. The van der Waals surface area contributed by atoms with Crippen LogP contribution in [0, 0.1) is 12.8 Å². The normalized spacial score (nSPS) is 20.8. The van der Waals surface area contributed by atoms with Crippen LogP contribution in [0.25, 0.3) is 0 Å². The molecule has 7 heteroatoms. The Labute approximate surface area is 123 Å². The van der Waals surface area contributed by atoms with Crippen LogP contribution in [0.2, 0.25) is 5.02 Å². The maximum Gasteiger partial charge on any atom is 0.243 e. The molecule has 0 spiro atoms. The van der Waals surface area contributed by atoms with Gasteiger partial charge in [-0.1, -0.05) is 17.7 Å². The summed E-state index contributed by atoms with van der Waals surface area (Å²) >= 11 is 5.98. The molecular weight excluding hydrogens is 300 g/mol. The highest BCUT2D eigenvalue weighted by atomic mass is 35.5. The van der Waals surface area contributed by atoms with E-state index in [0.717, 1.165) is 0 Å². The summed E-state index contributed by atoms with van der Waals surface area (Å²) in [5.41, 5.74) is 5.81. The van der Waals surface area contributed by atoms with Gasteiger partial charge in [-0.05, 0) is 37.5 Å². The molecule has 1 atom stereocenters. The van der Waals surface area contributed by atoms with Gasteiger partial charge in [-0.15, -0.1) is 0 Å². The Hall–Kier alpha value is -1.11. The number of nitrogens with two attached hydrogens (primary N) is 1. The number of carbonyl (C=O) groups excluding carboxylic acids is 1. The highest BCUT2D eigenvalue weighted by Crippen LogP contribution is 2.28. The SMILES string of the molecule is Cc1c(Cl)cccc1S(=O)(=O)N1CCCC(C(N)=O)C1. The number of amides is 1. The summed E-state index contributed by atoms with van der Waals surface area (Å²) in [6.45, 7) is 2.21. The van der Waals surface area contributed by atoms with E-state index < -0.39 is 21.8 Å². The second-order valence-electron chi connectivity index (χ2n) is 4.97. The molecule has 1 aromatic carbocycles. The summed E-state index contributed by atoms with van der Waals surface area (Å²) in [6.07, 6.45) is 1.27. The summed E-state index contributed by atoms with van der Waals surface area (Å²) in [5.74, 6) is -0.870. The lowest BCUT2D eigenvalue weighted by molar-refractivity contribution is -0.122. The summed E-state index contributed by atoms with van der Waals surface area (Å²) in [5, 5.41) is 0.412. The number of benzene rings is 1. The predicted molar refractivity (Wildman–Crippen MR) is 76.9 cm³/mol. The minimum atomic E-state index is -3.64. The second-order valence-corrected chi connectivity index (χ2v) is 7.28. The van der Waals surface area contributed by atoms with Gasteiger partial charge in [0, 0.05) is 18.1 Å². The Morgan fingerprint density at radius 2 is 2.15 bits per heavy atom. The number of halogens is 1. The van der Waals surface area contributed by atoms with Gasteiger partial charge in [-0.3, -0.25) is 4.79 Å². The molecule has 0 radical (unpaired) electrons. The molecule has 0 aliphatic carbocycles. The van der Waals surface area contributed by atoms with Gasteiger partial charge in [-0.2, -0.15) is 4.31 Å². The number of nitrogens with zero attached hydrogens (tertiary/aromatic N) is 1. The van der Waals surface area contributed by atoms with Crippen molar-refractivity contribution in [2.45, 2.75) is 24.7 Å². The van der Waals surface area contributed by atoms with Crippen molar-refractivity contribution < 1.29 is 13.2 Å². The molecule has 2 rings (SSSR count). The van der Waals surface area contributed by atoms with Crippen LogP contribution in [0.1, 0.15) is 18.4 Å². The Bertz CT molecular complexity index is 631. The van der Waals surface area contributed by atoms with Crippen LogP contribution >= 0.6 is 11.6 Å². The maximum atomic E-state index is 12.6. The lowest BCUT2D eigenvalue weighted by Gasteiger charge is -2.30. The molecule has 1 unspecified atom stereocenters. The average molecular weight is 317 g/mol. The van der Waals surface area contributed by atoms with Crippen LogP contribution in [0.15, 0.2) is 23.1 Å². The lowest BCUT2D eigenvalue weighted by atomic mass is 9.99. The molecule has 1 amide bonds. The molecule has 0 bridgehead atoms. The van der Waals surface area contributed by atoms with Gasteiger partial charge >= 0.3 is 0 Å². The van der Waals surface area contributed by atoms with E-state index in [-0.39, 0.29) is 11.4 Å². The van der Waals surface area contributed by atoms with Crippen molar-refractivity contribution in [1.82, 2.24) is 4.31 Å². The molecule has 1 aromatic rings. The van der Waals surface area contributed by atoms with Gasteiger partial charge in [0.1, 0.15) is 0 Å². The summed E-state index contributed by atoms with van der Waals surface area (Å²) in [7, 11) is -3.64. The van der Waals surface area contributed by atoms with Gasteiger partial charge in [0.15, 0.2) is 0 Å². The number of sulfonamides is 1. The predicted octanol–water partition coefficient (Wildman–Crippen LogP) is 1.53. The summed E-state index contributed by atoms with van der Waals surface area (Å²) in [4.78, 5) is 11.5. The molecule has 2 N–H and O–H groups in total. The minimum absolute atomic E-state index is 0.142. The van der Waals surface area contributed by atoms with Gasteiger partial charge < -0.3 is 5.73 Å². The van der Waals surface area contributed by atoms with E-state index in [4.69, 9.17) is 17.3 Å². The summed E-state index contributed by atoms with van der Waals surface area (Å²) in [6, 6.07) is 4.79. The van der Waals surface area contributed by atoms with Crippen LogP contribution in [-0.2, 0) is 14.8 Å². The molecule has 1 heterocycles. The third-order valence-corrected chi connectivity index (χ3v) is 6.04. The van der Waals surface area contributed by atoms with Gasteiger partial charge in [-0.25, -0.2) is 8.42 Å². The van der Waals surface area contributed by atoms with E-state index in [1.54, 1.807) is 19.1 Å². The van der Waals surface area contributed by atoms with Crippen molar-refractivity contribution >= 4 is 27.5 Å². The first-order chi connectivity index (χ1) is 9.34. The molecule has 5 nitrogen and oxygen atoms in total. The van der Waals surface area contributed by atoms with Gasteiger partial charge in [0.25, 0.3) is 0 Å². The Morgan fingerprint density at radius 1 is 1.45 bits per heavy atom. The third-order valence-electron chi connectivity index (χ3n) is 3.62. The Morgan fingerprint density at radius 3 is 2.80 bits per heavy atom. The zero-order valence-corrected chi connectivity index (χ0v) is 12.7. The van der Waals surface area contributed by atoms with Crippen LogP contribution in [0.4, 0.5) is 0 Å². The molecule has 0 saturated carbocycles. The first-order valence-corrected chi connectivity index (χ1v) is 8.20. The molecule has 1 fully saturated rings. The largest absolute Gasteiger partial charge is 0.369 e. The van der Waals surface area contributed by atoms with E-state index >= 15 is 0 Å². The number of piperidine rings is 1. The quantitative estimate of drug-likeness (QED) is 0.918. The number of hydrogen-bond donors (Lipinski definition) is 1. The van der Waals surface area contributed by atoms with E-state index in [0.29, 0.717) is 30.0 Å². The van der Waals surface area contributed by atoms with Crippen LogP contribution in [0.5, 0.6) is 0 Å². The van der Waals surface area contributed by atoms with E-state index in [9.17, 15) is 13.2 Å². The molecule has 1 saturated heterocycles. The van der Waals surface area contributed by atoms with Crippen molar-refractivity contribution in [2.75, 3.05) is 13.1 Å². The van der Waals surface area contributed by atoms with E-state index in [1.165, 1.54) is 10.4 Å². The topological polar surface area (TPSA) is 80.5 Å². The Kier molecular flexibility index (Phi) is 4.36. The summed E-state index contributed by atoms with van der Waals surface area (Å²) < 4.78 is 26.6. The van der Waals surface area contributed by atoms with E-state index in [2.05, 4.69) is 0 Å². The first kappa shape index (κ1) is 15.3. The smallest absolute Gasteiger partial charge is 0.243 e. The highest BCUT2D eigenvalue weighted by Gasteiger charge is 2.33. The fraction of sp³-hybridized carbons (Fsp3) is 0.462. The molecule has 1 aliphatic heterocycles. The van der Waals surface area contributed by atoms with Crippen molar-refractivity contribution in [1.29, 1.82) is 0 Å². The fourth-order valence-electron chi connectivity index (χ4n) is 2.40. The van der Waals surface area contributed by atoms with Gasteiger partial charge in [0.2, 0.25) is 15.9 Å². The molecule has 110 valence electrons. The number of carbonyl (C=O) groups is 1. The number of hydrogen-bond acceptors (Lipinski definition) is 3. The second kappa shape index (κ2) is 5.71. The van der Waals surface area contributed by atoms with Crippen molar-refractivity contribution in [3.63, 3.8) is 0 Å². The lowest BCUT2D eigenvalue weighted by Crippen LogP contribution is -2.44. The number of primary amides is 1. The maximum absolute atomic E-state index is 12.6. The minimum Gasteiger partial charge on any atom is -0.369 e.